The Labute approximate surface area is 200 Å². The van der Waals surface area contributed by atoms with Crippen LogP contribution in [-0.4, -0.2) is 40.1 Å². The van der Waals surface area contributed by atoms with Crippen molar-refractivity contribution in [2.45, 2.75) is 70.4 Å². The molecule has 2 heterocycles. The average Bonchev–Trinajstić information content (AvgIpc) is 3.22. The molecule has 1 aliphatic heterocycles. The zero-order valence-electron chi connectivity index (χ0n) is 20.0. The quantitative estimate of drug-likeness (QED) is 0.542. The Kier molecular flexibility index (Phi) is 6.32. The van der Waals surface area contributed by atoms with Crippen LogP contribution in [0.3, 0.4) is 0 Å². The number of hydrogen-bond acceptors (Lipinski definition) is 5. The van der Waals surface area contributed by atoms with Gasteiger partial charge in [0.25, 0.3) is 0 Å². The van der Waals surface area contributed by atoms with Crippen LogP contribution < -0.4 is 10.6 Å². The van der Waals surface area contributed by atoms with Gasteiger partial charge in [-0.2, -0.15) is 0 Å². The molecule has 3 N–H and O–H groups in total. The van der Waals surface area contributed by atoms with Gasteiger partial charge in [0, 0.05) is 42.8 Å². The molecular weight excluding hydrogens is 428 g/mol. The third-order valence-corrected chi connectivity index (χ3v) is 7.70. The number of aromatic nitrogens is 2. The van der Waals surface area contributed by atoms with Gasteiger partial charge in [-0.3, -0.25) is 4.79 Å². The molecule has 3 aromatic rings. The van der Waals surface area contributed by atoms with E-state index in [1.165, 1.54) is 18.2 Å². The summed E-state index contributed by atoms with van der Waals surface area (Å²) in [6, 6.07) is 15.2. The number of nitrogens with two attached hydrogens (primary N) is 1. The minimum Gasteiger partial charge on any atom is -0.369 e. The Morgan fingerprint density at radius 1 is 1.15 bits per heavy atom. The molecule has 180 valence electrons. The number of methoxy groups -OCH3 is 1. The second-order valence-corrected chi connectivity index (χ2v) is 9.76. The Morgan fingerprint density at radius 2 is 1.88 bits per heavy atom. The number of ether oxygens (including phenoxy) is 1. The van der Waals surface area contributed by atoms with E-state index in [1.54, 1.807) is 0 Å². The number of aliphatic hydroxyl groups is 1. The molecular formula is C27H34N4O3. The van der Waals surface area contributed by atoms with Crippen LogP contribution >= 0.6 is 0 Å². The van der Waals surface area contributed by atoms with Crippen LogP contribution in [-0.2, 0) is 22.4 Å². The number of nitrogens with zero attached hydrogens (tertiary/aromatic N) is 3. The molecule has 7 heteroatoms. The van der Waals surface area contributed by atoms with E-state index in [0.29, 0.717) is 6.04 Å². The van der Waals surface area contributed by atoms with Gasteiger partial charge in [-0.15, -0.1) is 0 Å². The summed E-state index contributed by atoms with van der Waals surface area (Å²) in [4.78, 5) is 18.9. The van der Waals surface area contributed by atoms with Gasteiger partial charge in [0.1, 0.15) is 5.82 Å². The van der Waals surface area contributed by atoms with Gasteiger partial charge < -0.3 is 25.0 Å². The van der Waals surface area contributed by atoms with Crippen molar-refractivity contribution in [3.05, 3.63) is 59.4 Å². The molecule has 2 aromatic carbocycles. The minimum absolute atomic E-state index is 0.0260. The Morgan fingerprint density at radius 3 is 2.56 bits per heavy atom. The van der Waals surface area contributed by atoms with Crippen molar-refractivity contribution in [2.75, 3.05) is 12.0 Å². The smallest absolute Gasteiger partial charge is 0.237 e. The Hall–Kier alpha value is -2.90. The normalized spacial score (nSPS) is 23.6. The van der Waals surface area contributed by atoms with Crippen LogP contribution in [0.5, 0.6) is 0 Å². The molecule has 1 amide bonds. The summed E-state index contributed by atoms with van der Waals surface area (Å²) in [6.45, 7) is 2.12. The zero-order chi connectivity index (χ0) is 23.8. The van der Waals surface area contributed by atoms with Crippen LogP contribution in [0.4, 0.5) is 5.69 Å². The van der Waals surface area contributed by atoms with E-state index in [1.807, 2.05) is 11.0 Å². The van der Waals surface area contributed by atoms with E-state index in [2.05, 4.69) is 47.9 Å². The SMILES string of the molecule is COC(O)N1c2ccc3c(nc(Cc4ccccc4)n3C3CCC(C(N)=O)CC3)c2CC[C@@H]1C. The highest BCUT2D eigenvalue weighted by Crippen LogP contribution is 2.40. The fraction of sp³-hybridized carbons (Fsp3) is 0.481. The molecule has 5 rings (SSSR count). The topological polar surface area (TPSA) is 93.6 Å². The maximum Gasteiger partial charge on any atom is 0.237 e. The largest absolute Gasteiger partial charge is 0.369 e. The number of hydrogen-bond donors (Lipinski definition) is 2. The van der Waals surface area contributed by atoms with Crippen LogP contribution in [0.2, 0.25) is 0 Å². The van der Waals surface area contributed by atoms with Gasteiger partial charge in [-0.05, 0) is 63.1 Å². The third-order valence-electron chi connectivity index (χ3n) is 7.70. The van der Waals surface area contributed by atoms with Crippen molar-refractivity contribution in [3.8, 4) is 0 Å². The number of aliphatic hydroxyl groups excluding tert-OH is 1. The minimum atomic E-state index is -0.985. The summed E-state index contributed by atoms with van der Waals surface area (Å²) >= 11 is 0. The summed E-state index contributed by atoms with van der Waals surface area (Å²) in [5.41, 5.74) is 11.1. The zero-order valence-corrected chi connectivity index (χ0v) is 20.0. The maximum atomic E-state index is 11.7. The van der Waals surface area contributed by atoms with Crippen molar-refractivity contribution in [2.24, 2.45) is 11.7 Å². The molecule has 1 fully saturated rings. The number of imidazole rings is 1. The number of rotatable bonds is 6. The molecule has 0 radical (unpaired) electrons. The molecule has 1 saturated carbocycles. The standard InChI is InChI=1S/C27H34N4O3/c1-17-8-13-21-22(30(17)27(33)34-2)14-15-23-25(21)29-24(16-18-6-4-3-5-7-18)31(23)20-11-9-19(10-12-20)26(28)32/h3-7,14-15,17,19-20,27,33H,8-13,16H2,1-2H3,(H2,28,32)/t17-,19?,20?,27?/m0/s1. The van der Waals surface area contributed by atoms with Gasteiger partial charge in [0.05, 0.1) is 11.0 Å². The summed E-state index contributed by atoms with van der Waals surface area (Å²) in [5, 5.41) is 10.5. The van der Waals surface area contributed by atoms with Crippen molar-refractivity contribution in [3.63, 3.8) is 0 Å². The lowest BCUT2D eigenvalue weighted by Crippen LogP contribution is -2.45. The lowest BCUT2D eigenvalue weighted by Gasteiger charge is -2.39. The molecule has 0 bridgehead atoms. The summed E-state index contributed by atoms with van der Waals surface area (Å²) in [5.74, 6) is 0.843. The number of carbonyl (C=O) groups excluding carboxylic acids is 1. The number of aryl methyl sites for hydroxylation is 1. The molecule has 34 heavy (non-hydrogen) atoms. The van der Waals surface area contributed by atoms with E-state index >= 15 is 0 Å². The second kappa shape index (κ2) is 9.39. The van der Waals surface area contributed by atoms with Crippen molar-refractivity contribution in [1.82, 2.24) is 9.55 Å². The third kappa shape index (κ3) is 4.07. The Bertz CT molecular complexity index is 1170. The highest BCUT2D eigenvalue weighted by atomic mass is 16.6. The monoisotopic (exact) mass is 462 g/mol. The number of carbonyl (C=O) groups is 1. The predicted octanol–water partition coefficient (Wildman–Crippen LogP) is 3.91. The fourth-order valence-electron chi connectivity index (χ4n) is 5.85. The second-order valence-electron chi connectivity index (χ2n) is 9.76. The van der Waals surface area contributed by atoms with Crippen molar-refractivity contribution < 1.29 is 14.6 Å². The van der Waals surface area contributed by atoms with E-state index < -0.39 is 6.41 Å². The van der Waals surface area contributed by atoms with Crippen LogP contribution in [0.25, 0.3) is 11.0 Å². The molecule has 2 aliphatic rings. The van der Waals surface area contributed by atoms with Crippen LogP contribution in [0.15, 0.2) is 42.5 Å². The van der Waals surface area contributed by atoms with E-state index in [9.17, 15) is 9.90 Å². The van der Waals surface area contributed by atoms with Gasteiger partial charge in [0.15, 0.2) is 0 Å². The maximum absolute atomic E-state index is 11.7. The average molecular weight is 463 g/mol. The molecule has 0 saturated heterocycles. The number of anilines is 1. The molecule has 1 unspecified atom stereocenters. The fourth-order valence-corrected chi connectivity index (χ4v) is 5.85. The van der Waals surface area contributed by atoms with Gasteiger partial charge in [0.2, 0.25) is 12.3 Å². The highest BCUT2D eigenvalue weighted by molar-refractivity contribution is 5.86. The van der Waals surface area contributed by atoms with Crippen molar-refractivity contribution in [1.29, 1.82) is 0 Å². The van der Waals surface area contributed by atoms with Crippen molar-refractivity contribution >= 4 is 22.6 Å². The molecule has 1 aliphatic carbocycles. The van der Waals surface area contributed by atoms with Crippen LogP contribution in [0.1, 0.15) is 62.0 Å². The lowest BCUT2D eigenvalue weighted by atomic mass is 9.85. The lowest BCUT2D eigenvalue weighted by molar-refractivity contribution is -0.122. The summed E-state index contributed by atoms with van der Waals surface area (Å²) in [6.07, 6.45) is 5.09. The summed E-state index contributed by atoms with van der Waals surface area (Å²) in [7, 11) is 1.53. The van der Waals surface area contributed by atoms with E-state index in [0.717, 1.165) is 67.5 Å². The van der Waals surface area contributed by atoms with Gasteiger partial charge in [-0.25, -0.2) is 4.98 Å². The van der Waals surface area contributed by atoms with Gasteiger partial charge in [-0.1, -0.05) is 30.3 Å². The number of benzene rings is 2. The number of primary amides is 1. The van der Waals surface area contributed by atoms with Gasteiger partial charge >= 0.3 is 0 Å². The van der Waals surface area contributed by atoms with E-state index in [4.69, 9.17) is 15.5 Å². The molecule has 1 aromatic heterocycles. The number of amides is 1. The molecule has 2 atom stereocenters. The first-order chi connectivity index (χ1) is 16.5. The first-order valence-electron chi connectivity index (χ1n) is 12.3. The Balaban J connectivity index is 1.60. The summed E-state index contributed by atoms with van der Waals surface area (Å²) < 4.78 is 7.69. The number of fused-ring (bicyclic) bond motifs is 3. The molecule has 7 nitrogen and oxygen atoms in total. The first kappa shape index (κ1) is 22.9. The molecule has 0 spiro atoms. The highest BCUT2D eigenvalue weighted by Gasteiger charge is 2.33. The predicted molar refractivity (Wildman–Crippen MR) is 132 cm³/mol. The van der Waals surface area contributed by atoms with Crippen LogP contribution in [0, 0.1) is 5.92 Å². The van der Waals surface area contributed by atoms with E-state index in [-0.39, 0.29) is 17.9 Å². The first-order valence-corrected chi connectivity index (χ1v) is 12.3.